The second kappa shape index (κ2) is 9.65. The van der Waals surface area contributed by atoms with Gasteiger partial charge in [-0.3, -0.25) is 4.79 Å². The zero-order chi connectivity index (χ0) is 22.7. The van der Waals surface area contributed by atoms with E-state index in [0.29, 0.717) is 23.6 Å². The first-order valence-corrected chi connectivity index (χ1v) is 10.8. The number of nitrogens with zero attached hydrogens (tertiary/aromatic N) is 1. The highest BCUT2D eigenvalue weighted by molar-refractivity contribution is 6.30. The van der Waals surface area contributed by atoms with Gasteiger partial charge in [-0.2, -0.15) is 0 Å². The summed E-state index contributed by atoms with van der Waals surface area (Å²) in [7, 11) is 0. The van der Waals surface area contributed by atoms with Crippen LogP contribution in [0.4, 0.5) is 4.39 Å². The number of ether oxygens (including phenoxy) is 3. The fraction of sp³-hybridized carbons (Fsp3) is 0.391. The summed E-state index contributed by atoms with van der Waals surface area (Å²) in [4.78, 5) is 25.6. The van der Waals surface area contributed by atoms with E-state index in [4.69, 9.17) is 30.9 Å². The maximum absolute atomic E-state index is 13.1. The lowest BCUT2D eigenvalue weighted by atomic mass is 9.99. The van der Waals surface area contributed by atoms with Crippen molar-refractivity contribution in [3.8, 4) is 17.2 Å². The van der Waals surface area contributed by atoms with Crippen molar-refractivity contribution in [2.24, 2.45) is 0 Å². The van der Waals surface area contributed by atoms with Crippen LogP contribution in [0, 0.1) is 5.82 Å². The van der Waals surface area contributed by atoms with E-state index in [1.54, 1.807) is 24.3 Å². The Morgan fingerprint density at radius 3 is 2.31 bits per heavy atom. The van der Waals surface area contributed by atoms with Gasteiger partial charge in [0, 0.05) is 36.0 Å². The fourth-order valence-corrected chi connectivity index (χ4v) is 4.57. The van der Waals surface area contributed by atoms with Crippen molar-refractivity contribution >= 4 is 23.5 Å². The van der Waals surface area contributed by atoms with Crippen molar-refractivity contribution in [3.63, 3.8) is 0 Å². The molecule has 0 aromatic heterocycles. The number of rotatable bonds is 8. The molecular weight excluding hydrogens is 441 g/mol. The van der Waals surface area contributed by atoms with Crippen LogP contribution in [-0.2, 0) is 9.59 Å². The van der Waals surface area contributed by atoms with Crippen LogP contribution < -0.4 is 14.2 Å². The molecule has 4 rings (SSSR count). The van der Waals surface area contributed by atoms with Gasteiger partial charge in [-0.1, -0.05) is 11.6 Å². The largest absolute Gasteiger partial charge is 0.490 e. The average molecular weight is 464 g/mol. The third-order valence-corrected chi connectivity index (χ3v) is 5.94. The topological polar surface area (TPSA) is 85.3 Å². The number of hydrogen-bond donors (Lipinski definition) is 1. The molecular formula is C23H23ClFNO6. The summed E-state index contributed by atoms with van der Waals surface area (Å²) in [6.07, 6.45) is 3.16. The minimum atomic E-state index is -1.13. The number of piperidine rings is 1. The Bertz CT molecular complexity index is 971. The summed E-state index contributed by atoms with van der Waals surface area (Å²) >= 11 is 5.95. The molecule has 2 aliphatic heterocycles. The molecule has 2 heterocycles. The number of hydrogen-bond acceptors (Lipinski definition) is 5. The van der Waals surface area contributed by atoms with E-state index in [1.165, 1.54) is 18.2 Å². The zero-order valence-electron chi connectivity index (χ0n) is 17.2. The minimum absolute atomic E-state index is 0.0322. The predicted octanol–water partition coefficient (Wildman–Crippen LogP) is 3.92. The molecule has 0 spiro atoms. The number of carboxylic acid groups (broad SMARTS) is 1. The van der Waals surface area contributed by atoms with Crippen LogP contribution in [0.25, 0.3) is 0 Å². The van der Waals surface area contributed by atoms with Gasteiger partial charge in [0.1, 0.15) is 17.7 Å². The lowest BCUT2D eigenvalue weighted by molar-refractivity contribution is -0.140. The lowest BCUT2D eigenvalue weighted by Crippen LogP contribution is -2.50. The van der Waals surface area contributed by atoms with Gasteiger partial charge in [0.15, 0.2) is 24.7 Å². The molecule has 1 unspecified atom stereocenters. The van der Waals surface area contributed by atoms with Crippen LogP contribution in [0.3, 0.4) is 0 Å². The van der Waals surface area contributed by atoms with E-state index >= 15 is 0 Å². The van der Waals surface area contributed by atoms with Crippen LogP contribution in [0.2, 0.25) is 5.02 Å². The molecule has 2 bridgehead atoms. The van der Waals surface area contributed by atoms with E-state index in [9.17, 15) is 14.0 Å². The number of carbonyl (C=O) groups is 2. The number of aliphatic carboxylic acids is 1. The predicted molar refractivity (Wildman–Crippen MR) is 114 cm³/mol. The second-order valence-electron chi connectivity index (χ2n) is 7.91. The normalized spacial score (nSPS) is 21.8. The van der Waals surface area contributed by atoms with Crippen molar-refractivity contribution in [1.29, 1.82) is 0 Å². The summed E-state index contributed by atoms with van der Waals surface area (Å²) in [6, 6.07) is 10.6. The van der Waals surface area contributed by atoms with E-state index < -0.39 is 12.6 Å². The number of halogens is 2. The van der Waals surface area contributed by atoms with Crippen molar-refractivity contribution < 1.29 is 33.3 Å². The molecule has 2 fully saturated rings. The quantitative estimate of drug-likeness (QED) is 0.638. The summed E-state index contributed by atoms with van der Waals surface area (Å²) in [5.74, 6) is -0.537. The first kappa shape index (κ1) is 22.2. The van der Waals surface area contributed by atoms with Crippen molar-refractivity contribution in [2.45, 2.75) is 43.9 Å². The minimum Gasteiger partial charge on any atom is -0.490 e. The molecule has 2 saturated heterocycles. The zero-order valence-corrected chi connectivity index (χ0v) is 18.0. The molecule has 0 aliphatic carbocycles. The molecule has 2 aliphatic rings. The molecule has 170 valence electrons. The molecule has 32 heavy (non-hydrogen) atoms. The van der Waals surface area contributed by atoms with E-state index in [0.717, 1.165) is 12.8 Å². The Hall–Kier alpha value is -3.00. The van der Waals surface area contributed by atoms with Crippen LogP contribution in [0.1, 0.15) is 25.7 Å². The van der Waals surface area contributed by atoms with Gasteiger partial charge in [0.25, 0.3) is 5.91 Å². The van der Waals surface area contributed by atoms with Gasteiger partial charge in [-0.15, -0.1) is 0 Å². The standard InChI is InChI=1S/C23H23ClFNO6/c24-14-1-8-20(21(9-14)31-13-23(28)29)30-12-22(27)26-16-4-5-17(26)11-19(10-16)32-18-6-2-15(25)3-7-18/h1-3,6-9,16-17,19H,4-5,10-13H2,(H,28,29)/t16-,17+,19?. The number of carboxylic acids is 1. The maximum Gasteiger partial charge on any atom is 0.341 e. The van der Waals surface area contributed by atoms with E-state index in [1.807, 2.05) is 4.90 Å². The highest BCUT2D eigenvalue weighted by Gasteiger charge is 2.44. The van der Waals surface area contributed by atoms with Crippen LogP contribution in [0.15, 0.2) is 42.5 Å². The van der Waals surface area contributed by atoms with Gasteiger partial charge in [0.2, 0.25) is 0 Å². The highest BCUT2D eigenvalue weighted by Crippen LogP contribution is 2.38. The molecule has 7 nitrogen and oxygen atoms in total. The first-order valence-electron chi connectivity index (χ1n) is 10.4. The van der Waals surface area contributed by atoms with Gasteiger partial charge in [-0.05, 0) is 49.2 Å². The molecule has 1 amide bonds. The number of fused-ring (bicyclic) bond motifs is 2. The Labute approximate surface area is 189 Å². The van der Waals surface area contributed by atoms with E-state index in [2.05, 4.69) is 0 Å². The SMILES string of the molecule is O=C(O)COc1cc(Cl)ccc1OCC(=O)N1[C@@H]2CC[C@H]1CC(Oc1ccc(F)cc1)C2. The lowest BCUT2D eigenvalue weighted by Gasteiger charge is -2.38. The summed E-state index contributed by atoms with van der Waals surface area (Å²) in [5, 5.41) is 9.19. The first-order chi connectivity index (χ1) is 15.4. The van der Waals surface area contributed by atoms with Crippen LogP contribution in [-0.4, -0.2) is 53.3 Å². The molecule has 2 aromatic rings. The molecule has 3 atom stereocenters. The molecule has 1 N–H and O–H groups in total. The summed E-state index contributed by atoms with van der Waals surface area (Å²) < 4.78 is 30.0. The molecule has 9 heteroatoms. The van der Waals surface area contributed by atoms with Gasteiger partial charge >= 0.3 is 5.97 Å². The number of carbonyl (C=O) groups excluding carboxylic acids is 1. The Morgan fingerprint density at radius 2 is 1.66 bits per heavy atom. The summed E-state index contributed by atoms with van der Waals surface area (Å²) in [6.45, 7) is -0.738. The molecule has 0 saturated carbocycles. The number of amides is 1. The molecule has 0 radical (unpaired) electrons. The molecule has 2 aromatic carbocycles. The smallest absolute Gasteiger partial charge is 0.341 e. The second-order valence-corrected chi connectivity index (χ2v) is 8.35. The third kappa shape index (κ3) is 5.24. The van der Waals surface area contributed by atoms with Crippen LogP contribution >= 0.6 is 11.6 Å². The Balaban J connectivity index is 1.35. The Morgan fingerprint density at radius 1 is 1.00 bits per heavy atom. The van der Waals surface area contributed by atoms with Crippen molar-refractivity contribution in [1.82, 2.24) is 4.90 Å². The maximum atomic E-state index is 13.1. The van der Waals surface area contributed by atoms with Crippen molar-refractivity contribution in [2.75, 3.05) is 13.2 Å². The van der Waals surface area contributed by atoms with E-state index in [-0.39, 0.29) is 48.0 Å². The monoisotopic (exact) mass is 463 g/mol. The van der Waals surface area contributed by atoms with Gasteiger partial charge in [-0.25, -0.2) is 9.18 Å². The summed E-state index contributed by atoms with van der Waals surface area (Å²) in [5.41, 5.74) is 0. The van der Waals surface area contributed by atoms with Gasteiger partial charge < -0.3 is 24.2 Å². The highest BCUT2D eigenvalue weighted by atomic mass is 35.5. The third-order valence-electron chi connectivity index (χ3n) is 5.70. The van der Waals surface area contributed by atoms with Crippen molar-refractivity contribution in [3.05, 3.63) is 53.3 Å². The fourth-order valence-electron chi connectivity index (χ4n) is 4.40. The Kier molecular flexibility index (Phi) is 6.69. The average Bonchev–Trinajstić information content (AvgIpc) is 3.03. The van der Waals surface area contributed by atoms with Crippen LogP contribution in [0.5, 0.6) is 17.2 Å². The van der Waals surface area contributed by atoms with Gasteiger partial charge in [0.05, 0.1) is 0 Å². The number of benzene rings is 2.